The van der Waals surface area contributed by atoms with Gasteiger partial charge in [-0.2, -0.15) is 0 Å². The van der Waals surface area contributed by atoms with Gasteiger partial charge in [-0.25, -0.2) is 4.98 Å². The summed E-state index contributed by atoms with van der Waals surface area (Å²) in [7, 11) is 2.15. The molecule has 1 N–H and O–H groups in total. The van der Waals surface area contributed by atoms with Gasteiger partial charge < -0.3 is 9.80 Å². The number of hydrogen-bond acceptors (Lipinski definition) is 7. The molecule has 2 fully saturated rings. The summed E-state index contributed by atoms with van der Waals surface area (Å²) in [6, 6.07) is 8.05. The van der Waals surface area contributed by atoms with Crippen LogP contribution in [0.4, 0.5) is 10.6 Å². The summed E-state index contributed by atoms with van der Waals surface area (Å²) in [6.45, 7) is 4.04. The van der Waals surface area contributed by atoms with Crippen LogP contribution in [0.2, 0.25) is 0 Å². The van der Waals surface area contributed by atoms with Crippen LogP contribution in [0.25, 0.3) is 11.3 Å². The van der Waals surface area contributed by atoms with Gasteiger partial charge in [-0.1, -0.05) is 24.3 Å². The Morgan fingerprint density at radius 1 is 1.17 bits per heavy atom. The van der Waals surface area contributed by atoms with Gasteiger partial charge in [0.2, 0.25) is 0 Å². The van der Waals surface area contributed by atoms with Crippen LogP contribution < -0.4 is 10.2 Å². The molecule has 2 saturated heterocycles. The standard InChI is InChI=1S/C21H23N5O2S/c1-25-8-3-9-26(11-10-25)19-14-22-13-17(23-19)16-5-2-4-15(12-16)6-7-18-20(27)24-21(28)29-18/h2,4-5,7,12-14H,3,6,8-11H2,1H3,(H,24,27,28). The minimum Gasteiger partial charge on any atom is -0.354 e. The summed E-state index contributed by atoms with van der Waals surface area (Å²) < 4.78 is 0. The highest BCUT2D eigenvalue weighted by Gasteiger charge is 2.24. The molecule has 1 aromatic carbocycles. The van der Waals surface area contributed by atoms with E-state index in [4.69, 9.17) is 4.98 Å². The van der Waals surface area contributed by atoms with Crippen molar-refractivity contribution >= 4 is 28.7 Å². The minimum absolute atomic E-state index is 0.318. The highest BCUT2D eigenvalue weighted by molar-refractivity contribution is 8.18. The number of aromatic nitrogens is 2. The molecule has 0 unspecified atom stereocenters. The zero-order chi connectivity index (χ0) is 20.2. The van der Waals surface area contributed by atoms with Crippen LogP contribution in [0, 0.1) is 0 Å². The first-order chi connectivity index (χ1) is 14.1. The molecule has 2 aliphatic rings. The van der Waals surface area contributed by atoms with E-state index in [9.17, 15) is 9.59 Å². The Hall–Kier alpha value is -2.71. The van der Waals surface area contributed by atoms with E-state index in [1.807, 2.05) is 24.4 Å². The quantitative estimate of drug-likeness (QED) is 0.778. The van der Waals surface area contributed by atoms with Gasteiger partial charge in [-0.15, -0.1) is 0 Å². The molecule has 0 atom stereocenters. The third kappa shape index (κ3) is 4.83. The molecule has 0 spiro atoms. The first kappa shape index (κ1) is 19.6. The Morgan fingerprint density at radius 2 is 2.07 bits per heavy atom. The average molecular weight is 410 g/mol. The number of nitrogens with one attached hydrogen (secondary N) is 1. The van der Waals surface area contributed by atoms with E-state index < -0.39 is 0 Å². The number of rotatable bonds is 4. The SMILES string of the molecule is CN1CCCN(c2cncc(-c3cccc(CC=C4SC(=O)NC4=O)c3)n2)CC1. The second kappa shape index (κ2) is 8.75. The van der Waals surface area contributed by atoms with Crippen molar-refractivity contribution in [3.05, 3.63) is 53.2 Å². The van der Waals surface area contributed by atoms with Crippen LogP contribution in [0.5, 0.6) is 0 Å². The van der Waals surface area contributed by atoms with Gasteiger partial charge in [0.05, 0.1) is 23.0 Å². The van der Waals surface area contributed by atoms with Gasteiger partial charge in [-0.05, 0) is 49.8 Å². The van der Waals surface area contributed by atoms with Crippen molar-refractivity contribution in [3.8, 4) is 11.3 Å². The third-order valence-electron chi connectivity index (χ3n) is 5.05. The van der Waals surface area contributed by atoms with E-state index in [-0.39, 0.29) is 11.1 Å². The lowest BCUT2D eigenvalue weighted by Crippen LogP contribution is -2.29. The van der Waals surface area contributed by atoms with E-state index in [1.165, 1.54) is 0 Å². The number of thioether (sulfide) groups is 1. The van der Waals surface area contributed by atoms with Crippen LogP contribution in [-0.2, 0) is 11.2 Å². The number of allylic oxidation sites excluding steroid dienone is 1. The molecule has 1 aromatic heterocycles. The molecule has 3 heterocycles. The summed E-state index contributed by atoms with van der Waals surface area (Å²) in [5.74, 6) is 0.584. The van der Waals surface area contributed by atoms with Gasteiger partial charge in [0.1, 0.15) is 5.82 Å². The normalized spacial score (nSPS) is 19.5. The second-order valence-corrected chi connectivity index (χ2v) is 8.24. The molecule has 7 nitrogen and oxygen atoms in total. The van der Waals surface area contributed by atoms with Crippen LogP contribution >= 0.6 is 11.8 Å². The molecule has 150 valence electrons. The number of imide groups is 1. The largest absolute Gasteiger partial charge is 0.354 e. The minimum atomic E-state index is -0.321. The van der Waals surface area contributed by atoms with Gasteiger partial charge in [0, 0.05) is 25.2 Å². The zero-order valence-electron chi connectivity index (χ0n) is 16.3. The summed E-state index contributed by atoms with van der Waals surface area (Å²) in [4.78, 5) is 37.3. The number of amides is 2. The number of nitrogens with zero attached hydrogens (tertiary/aromatic N) is 4. The fourth-order valence-corrected chi connectivity index (χ4v) is 4.11. The van der Waals surface area contributed by atoms with Gasteiger partial charge in [-0.3, -0.25) is 19.9 Å². The maximum absolute atomic E-state index is 11.7. The number of carbonyl (C=O) groups is 2. The van der Waals surface area contributed by atoms with E-state index in [1.54, 1.807) is 12.3 Å². The van der Waals surface area contributed by atoms with Crippen molar-refractivity contribution in [1.29, 1.82) is 0 Å². The fraction of sp³-hybridized carbons (Fsp3) is 0.333. The molecule has 2 amide bonds. The first-order valence-corrected chi connectivity index (χ1v) is 10.5. The first-order valence-electron chi connectivity index (χ1n) is 9.67. The van der Waals surface area contributed by atoms with Crippen molar-refractivity contribution in [2.24, 2.45) is 0 Å². The summed E-state index contributed by atoms with van der Waals surface area (Å²) in [5, 5.41) is 1.96. The molecule has 0 radical (unpaired) electrons. The molecule has 0 aliphatic carbocycles. The molecular formula is C21H23N5O2S. The molecular weight excluding hydrogens is 386 g/mol. The van der Waals surface area contributed by atoms with Crippen LogP contribution in [0.1, 0.15) is 12.0 Å². The molecule has 0 bridgehead atoms. The lowest BCUT2D eigenvalue weighted by atomic mass is 10.1. The van der Waals surface area contributed by atoms with Gasteiger partial charge >= 0.3 is 0 Å². The molecule has 8 heteroatoms. The van der Waals surface area contributed by atoms with Crippen LogP contribution in [-0.4, -0.2) is 59.2 Å². The Labute approximate surface area is 174 Å². The molecule has 29 heavy (non-hydrogen) atoms. The Bertz CT molecular complexity index is 962. The topological polar surface area (TPSA) is 78.4 Å². The van der Waals surface area contributed by atoms with Crippen molar-refractivity contribution in [1.82, 2.24) is 20.2 Å². The second-order valence-electron chi connectivity index (χ2n) is 7.22. The summed E-state index contributed by atoms with van der Waals surface area (Å²) >= 11 is 0.943. The molecule has 0 saturated carbocycles. The maximum atomic E-state index is 11.7. The van der Waals surface area contributed by atoms with E-state index >= 15 is 0 Å². The molecule has 2 aliphatic heterocycles. The third-order valence-corrected chi connectivity index (χ3v) is 5.91. The Kier molecular flexibility index (Phi) is 5.92. The van der Waals surface area contributed by atoms with Crippen molar-refractivity contribution in [2.75, 3.05) is 38.1 Å². The number of likely N-dealkylation sites (N-methyl/N-ethyl adjacent to an activating group) is 1. The van der Waals surface area contributed by atoms with E-state index in [0.717, 1.165) is 67.0 Å². The summed E-state index contributed by atoms with van der Waals surface area (Å²) in [6.07, 6.45) is 7.09. The van der Waals surface area contributed by atoms with Crippen molar-refractivity contribution in [3.63, 3.8) is 0 Å². The monoisotopic (exact) mass is 409 g/mol. The number of carbonyl (C=O) groups excluding carboxylic acids is 2. The van der Waals surface area contributed by atoms with Crippen LogP contribution in [0.15, 0.2) is 47.6 Å². The lowest BCUT2D eigenvalue weighted by molar-refractivity contribution is -0.115. The van der Waals surface area contributed by atoms with Crippen LogP contribution in [0.3, 0.4) is 0 Å². The highest BCUT2D eigenvalue weighted by Crippen LogP contribution is 2.25. The van der Waals surface area contributed by atoms with E-state index in [0.29, 0.717) is 11.3 Å². The van der Waals surface area contributed by atoms with Gasteiger partial charge in [0.25, 0.3) is 11.1 Å². The summed E-state index contributed by atoms with van der Waals surface area (Å²) in [5.41, 5.74) is 2.87. The van der Waals surface area contributed by atoms with Crippen molar-refractivity contribution < 1.29 is 9.59 Å². The lowest BCUT2D eigenvalue weighted by Gasteiger charge is -2.21. The predicted octanol–water partition coefficient (Wildman–Crippen LogP) is 2.69. The average Bonchev–Trinajstić information content (AvgIpc) is 2.91. The number of hydrogen-bond donors (Lipinski definition) is 1. The maximum Gasteiger partial charge on any atom is 0.290 e. The van der Waals surface area contributed by atoms with E-state index in [2.05, 4.69) is 33.2 Å². The predicted molar refractivity (Wildman–Crippen MR) is 115 cm³/mol. The molecule has 2 aromatic rings. The van der Waals surface area contributed by atoms with Gasteiger partial charge in [0.15, 0.2) is 0 Å². The highest BCUT2D eigenvalue weighted by atomic mass is 32.2. The molecule has 4 rings (SSSR count). The Balaban J connectivity index is 1.52. The van der Waals surface area contributed by atoms with Crippen molar-refractivity contribution in [2.45, 2.75) is 12.8 Å². The zero-order valence-corrected chi connectivity index (χ0v) is 17.1. The Morgan fingerprint density at radius 3 is 2.90 bits per heavy atom. The number of benzene rings is 1. The number of anilines is 1. The fourth-order valence-electron chi connectivity index (χ4n) is 3.45. The smallest absolute Gasteiger partial charge is 0.290 e.